The van der Waals surface area contributed by atoms with Crippen molar-refractivity contribution in [2.75, 3.05) is 5.73 Å². The first kappa shape index (κ1) is 35.9. The van der Waals surface area contributed by atoms with Gasteiger partial charge in [-0.15, -0.1) is 0 Å². The second kappa shape index (κ2) is 14.5. The van der Waals surface area contributed by atoms with Gasteiger partial charge in [0.25, 0.3) is 0 Å². The molecule has 8 aromatic rings. The molecule has 0 fully saturated rings. The summed E-state index contributed by atoms with van der Waals surface area (Å²) in [6.07, 6.45) is 0. The van der Waals surface area contributed by atoms with E-state index in [1.165, 1.54) is 11.1 Å². The van der Waals surface area contributed by atoms with Crippen LogP contribution in [0.4, 0.5) is 5.69 Å². The van der Waals surface area contributed by atoms with Crippen molar-refractivity contribution in [3.05, 3.63) is 168 Å². The van der Waals surface area contributed by atoms with E-state index >= 15 is 0 Å². The molecule has 0 amide bonds. The number of hydrogen-bond donors (Lipinski definition) is 1. The Morgan fingerprint density at radius 2 is 1.00 bits per heavy atom. The van der Waals surface area contributed by atoms with Crippen LogP contribution in [0.15, 0.2) is 116 Å². The molecule has 0 spiro atoms. The summed E-state index contributed by atoms with van der Waals surface area (Å²) in [4.78, 5) is 25.1. The summed E-state index contributed by atoms with van der Waals surface area (Å²) in [5, 5.41) is 9.53. The predicted molar refractivity (Wildman–Crippen MR) is 216 cm³/mol. The van der Waals surface area contributed by atoms with Gasteiger partial charge in [-0.2, -0.15) is 0 Å². The van der Waals surface area contributed by atoms with Gasteiger partial charge >= 0.3 is 0 Å². The van der Waals surface area contributed by atoms with Gasteiger partial charge in [0.15, 0.2) is 10.9 Å². The predicted octanol–water partition coefficient (Wildman–Crippen LogP) is 9.15. The minimum atomic E-state index is 0.0186. The fourth-order valence-corrected chi connectivity index (χ4v) is 7.32. The van der Waals surface area contributed by atoms with Crippen LogP contribution in [-0.4, -0.2) is 19.4 Å². The molecule has 9 heteroatoms. The molecule has 0 bridgehead atoms. The maximum Gasteiger partial charge on any atom is 0.189 e. The highest BCUT2D eigenvalue weighted by Crippen LogP contribution is 2.31. The molecule has 0 aliphatic carbocycles. The summed E-state index contributed by atoms with van der Waals surface area (Å²) in [5.74, 6) is 1.55. The monoisotopic (exact) mass is 717 g/mol. The first-order valence-corrected chi connectivity index (χ1v) is 17.9. The minimum Gasteiger partial charge on any atom is -0.398 e. The van der Waals surface area contributed by atoms with Gasteiger partial charge < -0.3 is 23.9 Å². The Kier molecular flexibility index (Phi) is 9.64. The zero-order valence-corrected chi connectivity index (χ0v) is 31.7. The molecule has 0 radical (unpaired) electrons. The number of hydrogen-bond acceptors (Lipinski definition) is 7. The van der Waals surface area contributed by atoms with Gasteiger partial charge in [0.05, 0.1) is 22.4 Å². The number of benzene rings is 4. The van der Waals surface area contributed by atoms with E-state index in [4.69, 9.17) is 14.8 Å². The number of aromatic nitrogens is 4. The number of anilines is 1. The molecule has 4 aromatic heterocycles. The molecule has 0 aliphatic rings. The molecular formula is C45H43N5O4. The number of nitrogen functional groups attached to an aromatic ring is 1. The zero-order chi connectivity index (χ0) is 38.3. The number of nitrogens with two attached hydrogens (primary N) is 1. The summed E-state index contributed by atoms with van der Waals surface area (Å²) in [7, 11) is 0. The third kappa shape index (κ3) is 6.76. The highest BCUT2D eigenvalue weighted by Gasteiger charge is 2.17. The van der Waals surface area contributed by atoms with E-state index in [-0.39, 0.29) is 10.9 Å². The van der Waals surface area contributed by atoms with E-state index in [1.54, 1.807) is 12.1 Å². The Morgan fingerprint density at radius 1 is 0.556 bits per heavy atom. The van der Waals surface area contributed by atoms with Crippen LogP contribution in [0.1, 0.15) is 51.0 Å². The Hall–Kier alpha value is -6.48. The van der Waals surface area contributed by atoms with Gasteiger partial charge in [-0.3, -0.25) is 9.59 Å². The van der Waals surface area contributed by atoms with Gasteiger partial charge in [0.2, 0.25) is 0 Å². The zero-order valence-electron chi connectivity index (χ0n) is 31.7. The van der Waals surface area contributed by atoms with Crippen LogP contribution < -0.4 is 16.6 Å². The quantitative estimate of drug-likeness (QED) is 0.170. The third-order valence-electron chi connectivity index (χ3n) is 10.3. The van der Waals surface area contributed by atoms with Crippen LogP contribution in [0.25, 0.3) is 44.1 Å². The Morgan fingerprint density at radius 3 is 1.44 bits per heavy atom. The van der Waals surface area contributed by atoms with Crippen molar-refractivity contribution >= 4 is 27.5 Å². The van der Waals surface area contributed by atoms with E-state index in [1.807, 2.05) is 102 Å². The van der Waals surface area contributed by atoms with E-state index in [0.29, 0.717) is 11.9 Å². The molecule has 8 rings (SSSR count). The van der Waals surface area contributed by atoms with Crippen LogP contribution in [0.5, 0.6) is 0 Å². The average molecular weight is 718 g/mol. The van der Waals surface area contributed by atoms with Crippen molar-refractivity contribution in [2.24, 2.45) is 0 Å². The van der Waals surface area contributed by atoms with Gasteiger partial charge in [-0.1, -0.05) is 64.9 Å². The number of pyridine rings is 2. The molecule has 4 heterocycles. The third-order valence-corrected chi connectivity index (χ3v) is 10.3. The fourth-order valence-electron chi connectivity index (χ4n) is 7.32. The number of nitrogens with zero attached hydrogens (tertiary/aromatic N) is 4. The first-order chi connectivity index (χ1) is 25.9. The summed E-state index contributed by atoms with van der Waals surface area (Å²) in [6.45, 7) is 15.0. The second-order valence-electron chi connectivity index (χ2n) is 14.0. The highest BCUT2D eigenvalue weighted by molar-refractivity contribution is 5.87. The average Bonchev–Trinajstić information content (AvgIpc) is 3.67. The van der Waals surface area contributed by atoms with Gasteiger partial charge in [0, 0.05) is 64.2 Å². The number of aryl methyl sites for hydroxylation is 7. The van der Waals surface area contributed by atoms with Crippen molar-refractivity contribution < 1.29 is 9.05 Å². The molecule has 2 N–H and O–H groups in total. The van der Waals surface area contributed by atoms with Crippen LogP contribution >= 0.6 is 0 Å². The maximum atomic E-state index is 12.6. The summed E-state index contributed by atoms with van der Waals surface area (Å²) >= 11 is 0. The Balaban J connectivity index is 0.000000167. The summed E-state index contributed by atoms with van der Waals surface area (Å²) in [5.41, 5.74) is 19.8. The van der Waals surface area contributed by atoms with Crippen molar-refractivity contribution in [2.45, 2.75) is 61.6 Å². The van der Waals surface area contributed by atoms with Crippen molar-refractivity contribution in [3.63, 3.8) is 0 Å². The second-order valence-corrected chi connectivity index (χ2v) is 14.0. The molecule has 0 saturated carbocycles. The fraction of sp³-hybridized carbons (Fsp3) is 0.200. The van der Waals surface area contributed by atoms with E-state index in [9.17, 15) is 9.59 Å². The van der Waals surface area contributed by atoms with Gasteiger partial charge in [-0.25, -0.2) is 0 Å². The molecule has 0 atom stereocenters. The molecule has 0 saturated heterocycles. The molecule has 54 heavy (non-hydrogen) atoms. The van der Waals surface area contributed by atoms with Crippen molar-refractivity contribution in [1.29, 1.82) is 0 Å². The van der Waals surface area contributed by atoms with E-state index in [2.05, 4.69) is 50.6 Å². The van der Waals surface area contributed by atoms with E-state index in [0.717, 1.165) is 90.8 Å². The Labute approximate surface area is 313 Å². The standard InChI is InChI=1S/C23H22N2O2.C22H21N3O2/c1-14-7-5-6-8-19(14)13-25-15(2)11-22(26)20-10-9-18(12-21(20)25)23-16(3)24-27-17(23)4;1-13-10-21(26)18-9-8-16(22-14(2)24-27-15(22)3)11-20(18)25(13)12-17-6-4-5-7-19(17)23/h5-12H,13H2,1-4H3;4-11H,12,23H2,1-3H3. The largest absolute Gasteiger partial charge is 0.398 e. The molecule has 0 aliphatic heterocycles. The lowest BCUT2D eigenvalue weighted by atomic mass is 10.0. The van der Waals surface area contributed by atoms with Crippen LogP contribution in [-0.2, 0) is 13.1 Å². The molecular weight excluding hydrogens is 675 g/mol. The SMILES string of the molecule is Cc1ccccc1Cn1c(C)cc(=O)c2ccc(-c3c(C)noc3C)cc21.Cc1noc(C)c1-c1ccc2c(=O)cc(C)n(Cc3ccccc3N)c2c1. The molecule has 272 valence electrons. The summed E-state index contributed by atoms with van der Waals surface area (Å²) in [6, 6.07) is 31.4. The van der Waals surface area contributed by atoms with Crippen molar-refractivity contribution in [1.82, 2.24) is 19.4 Å². The highest BCUT2D eigenvalue weighted by atomic mass is 16.5. The molecule has 4 aromatic carbocycles. The topological polar surface area (TPSA) is 122 Å². The van der Waals surface area contributed by atoms with Gasteiger partial charge in [-0.05, 0) is 107 Å². The lowest BCUT2D eigenvalue weighted by molar-refractivity contribution is 0.393. The van der Waals surface area contributed by atoms with Gasteiger partial charge in [0.1, 0.15) is 11.5 Å². The smallest absolute Gasteiger partial charge is 0.189 e. The first-order valence-electron chi connectivity index (χ1n) is 17.9. The van der Waals surface area contributed by atoms with Crippen LogP contribution in [0.2, 0.25) is 0 Å². The van der Waals surface area contributed by atoms with Crippen LogP contribution in [0.3, 0.4) is 0 Å². The number of rotatable bonds is 6. The number of fused-ring (bicyclic) bond motifs is 2. The van der Waals surface area contributed by atoms with E-state index < -0.39 is 0 Å². The minimum absolute atomic E-state index is 0.0186. The van der Waals surface area contributed by atoms with Crippen molar-refractivity contribution in [3.8, 4) is 22.3 Å². The lowest BCUT2D eigenvalue weighted by Gasteiger charge is -2.17. The lowest BCUT2D eigenvalue weighted by Crippen LogP contribution is -2.13. The maximum absolute atomic E-state index is 12.6. The normalized spacial score (nSPS) is 11.2. The molecule has 9 nitrogen and oxygen atoms in total. The Bertz CT molecular complexity index is 2590. The summed E-state index contributed by atoms with van der Waals surface area (Å²) < 4.78 is 15.0. The van der Waals surface area contributed by atoms with Crippen LogP contribution in [0, 0.1) is 48.5 Å². The number of para-hydroxylation sites is 1. The molecule has 0 unspecified atom stereocenters.